The van der Waals surface area contributed by atoms with Crippen LogP contribution in [0.25, 0.3) is 0 Å². The topological polar surface area (TPSA) is 95.9 Å². The van der Waals surface area contributed by atoms with E-state index in [1.165, 1.54) is 315 Å². The highest BCUT2D eigenvalue weighted by atomic mass is 16.5. The molecule has 3 N–H and O–H groups in total. The van der Waals surface area contributed by atoms with Crippen molar-refractivity contribution in [2.45, 2.75) is 398 Å². The number of amides is 1. The highest BCUT2D eigenvalue weighted by Crippen LogP contribution is 2.18. The van der Waals surface area contributed by atoms with Gasteiger partial charge in [-0.05, 0) is 57.8 Å². The smallest absolute Gasteiger partial charge is 0.305 e. The van der Waals surface area contributed by atoms with Gasteiger partial charge in [0.15, 0.2) is 0 Å². The van der Waals surface area contributed by atoms with E-state index < -0.39 is 12.1 Å². The highest BCUT2D eigenvalue weighted by molar-refractivity contribution is 5.76. The Morgan fingerprint density at radius 3 is 0.934 bits per heavy atom. The Hall–Kier alpha value is -1.66. The van der Waals surface area contributed by atoms with Gasteiger partial charge >= 0.3 is 5.97 Å². The zero-order valence-electron chi connectivity index (χ0n) is 51.5. The van der Waals surface area contributed by atoms with Crippen LogP contribution in [0.3, 0.4) is 0 Å². The molecule has 0 rings (SSSR count). The van der Waals surface area contributed by atoms with E-state index in [9.17, 15) is 19.8 Å². The van der Waals surface area contributed by atoms with E-state index in [4.69, 9.17) is 4.74 Å². The van der Waals surface area contributed by atoms with Crippen LogP contribution in [0, 0.1) is 0 Å². The molecule has 0 saturated heterocycles. The Bertz CT molecular complexity index is 1190. The molecule has 0 radical (unpaired) electrons. The van der Waals surface area contributed by atoms with E-state index in [-0.39, 0.29) is 18.5 Å². The van der Waals surface area contributed by atoms with Crippen LogP contribution in [-0.4, -0.2) is 47.4 Å². The molecule has 76 heavy (non-hydrogen) atoms. The molecular weight excluding hydrogens is 935 g/mol. The van der Waals surface area contributed by atoms with Crippen molar-refractivity contribution in [3.8, 4) is 0 Å². The van der Waals surface area contributed by atoms with Gasteiger partial charge in [-0.25, -0.2) is 0 Å². The summed E-state index contributed by atoms with van der Waals surface area (Å²) in [7, 11) is 0. The van der Waals surface area contributed by atoms with Crippen LogP contribution >= 0.6 is 0 Å². The molecule has 0 aromatic heterocycles. The van der Waals surface area contributed by atoms with E-state index >= 15 is 0 Å². The maximum absolute atomic E-state index is 12.5. The van der Waals surface area contributed by atoms with Gasteiger partial charge in [-0.2, -0.15) is 0 Å². The molecule has 2 atom stereocenters. The molecule has 6 heteroatoms. The average Bonchev–Trinajstić information content (AvgIpc) is 3.42. The first kappa shape index (κ1) is 74.3. The summed E-state index contributed by atoms with van der Waals surface area (Å²) in [6, 6.07) is -0.628. The number of carbonyl (C=O) groups is 2. The molecule has 0 aromatic carbocycles. The van der Waals surface area contributed by atoms with Crippen molar-refractivity contribution in [3.05, 3.63) is 24.3 Å². The Balaban J connectivity index is 3.38. The van der Waals surface area contributed by atoms with Crippen LogP contribution in [0.5, 0.6) is 0 Å². The second-order valence-corrected chi connectivity index (χ2v) is 23.9. The number of nitrogens with one attached hydrogen (secondary N) is 1. The number of hydrogen-bond donors (Lipinski definition) is 3. The van der Waals surface area contributed by atoms with Crippen LogP contribution in [0.15, 0.2) is 24.3 Å². The van der Waals surface area contributed by atoms with E-state index in [1.54, 1.807) is 6.08 Å². The second kappa shape index (κ2) is 65.9. The number of aliphatic hydroxyl groups is 2. The summed E-state index contributed by atoms with van der Waals surface area (Å²) in [6.45, 7) is 4.93. The van der Waals surface area contributed by atoms with Gasteiger partial charge in [0.1, 0.15) is 0 Å². The fourth-order valence-corrected chi connectivity index (χ4v) is 10.9. The number of unbranched alkanes of at least 4 members (excludes halogenated alkanes) is 52. The van der Waals surface area contributed by atoms with E-state index in [0.29, 0.717) is 19.4 Å². The predicted molar refractivity (Wildman–Crippen MR) is 333 cm³/mol. The fraction of sp³-hybridized carbons (Fsp3) is 0.914. The first-order chi connectivity index (χ1) is 37.5. The van der Waals surface area contributed by atoms with Crippen molar-refractivity contribution in [3.63, 3.8) is 0 Å². The number of aliphatic hydroxyl groups excluding tert-OH is 2. The van der Waals surface area contributed by atoms with Crippen LogP contribution in [0.2, 0.25) is 0 Å². The second-order valence-electron chi connectivity index (χ2n) is 23.9. The lowest BCUT2D eigenvalue weighted by Crippen LogP contribution is -2.45. The number of rotatable bonds is 65. The number of carbonyl (C=O) groups excluding carboxylic acids is 2. The molecule has 2 unspecified atom stereocenters. The predicted octanol–water partition coefficient (Wildman–Crippen LogP) is 22.1. The quantitative estimate of drug-likeness (QED) is 0.0320. The van der Waals surface area contributed by atoms with Crippen molar-refractivity contribution >= 4 is 11.9 Å². The van der Waals surface area contributed by atoms with Crippen LogP contribution in [-0.2, 0) is 14.3 Å². The third kappa shape index (κ3) is 61.6. The Labute approximate surface area is 475 Å². The molecule has 0 saturated carbocycles. The van der Waals surface area contributed by atoms with E-state index in [0.717, 1.165) is 44.9 Å². The summed E-state index contributed by atoms with van der Waals surface area (Å²) in [5.41, 5.74) is 0. The molecule has 0 aliphatic heterocycles. The number of hydrogen-bond acceptors (Lipinski definition) is 5. The Morgan fingerprint density at radius 2 is 0.618 bits per heavy atom. The summed E-state index contributed by atoms with van der Waals surface area (Å²) < 4.78 is 5.51. The van der Waals surface area contributed by atoms with Gasteiger partial charge in [-0.1, -0.05) is 340 Å². The van der Waals surface area contributed by atoms with Crippen LogP contribution < -0.4 is 5.32 Å². The largest absolute Gasteiger partial charge is 0.466 e. The monoisotopic (exact) mass is 1070 g/mol. The number of ether oxygens (including phenoxy) is 1. The summed E-state index contributed by atoms with van der Waals surface area (Å²) >= 11 is 0. The summed E-state index contributed by atoms with van der Waals surface area (Å²) in [6.07, 6.45) is 82.4. The first-order valence-electron chi connectivity index (χ1n) is 34.6. The standard InChI is InChI=1S/C70H135NO5/c1-3-5-7-9-11-13-15-17-19-21-27-32-36-40-44-48-52-56-60-64-70(75)76-65-61-57-53-49-45-41-37-33-29-26-24-23-25-28-31-35-39-43-47-51-55-59-63-69(74)71-67(66-72)68(73)62-58-54-50-46-42-38-34-30-22-20-18-16-14-12-10-8-6-4-2/h17,19,58,62,67-68,72-73H,3-16,18,20-57,59-61,63-66H2,1-2H3,(H,71,74)/b19-17-,62-58+. The summed E-state index contributed by atoms with van der Waals surface area (Å²) in [5.74, 6) is -0.0517. The first-order valence-corrected chi connectivity index (χ1v) is 34.6. The zero-order valence-corrected chi connectivity index (χ0v) is 51.5. The van der Waals surface area contributed by atoms with Crippen molar-refractivity contribution in [1.82, 2.24) is 5.32 Å². The van der Waals surface area contributed by atoms with Gasteiger partial charge in [0, 0.05) is 12.8 Å². The molecular formula is C70H135NO5. The third-order valence-electron chi connectivity index (χ3n) is 16.2. The van der Waals surface area contributed by atoms with Gasteiger partial charge in [0.2, 0.25) is 5.91 Å². The molecule has 0 heterocycles. The van der Waals surface area contributed by atoms with Crippen molar-refractivity contribution in [2.24, 2.45) is 0 Å². The molecule has 450 valence electrons. The maximum Gasteiger partial charge on any atom is 0.305 e. The molecule has 0 aliphatic carbocycles. The lowest BCUT2D eigenvalue weighted by atomic mass is 10.0. The molecule has 0 fully saturated rings. The Kier molecular flexibility index (Phi) is 64.4. The average molecular weight is 1070 g/mol. The minimum absolute atomic E-state index is 0.0131. The molecule has 1 amide bonds. The number of esters is 1. The lowest BCUT2D eigenvalue weighted by molar-refractivity contribution is -0.143. The van der Waals surface area contributed by atoms with Crippen molar-refractivity contribution in [1.29, 1.82) is 0 Å². The van der Waals surface area contributed by atoms with Crippen molar-refractivity contribution < 1.29 is 24.5 Å². The minimum Gasteiger partial charge on any atom is -0.466 e. The van der Waals surface area contributed by atoms with E-state index in [1.807, 2.05) is 6.08 Å². The summed E-state index contributed by atoms with van der Waals surface area (Å²) in [4.78, 5) is 24.6. The molecule has 0 spiro atoms. The van der Waals surface area contributed by atoms with Gasteiger partial charge in [-0.15, -0.1) is 0 Å². The highest BCUT2D eigenvalue weighted by Gasteiger charge is 2.18. The lowest BCUT2D eigenvalue weighted by Gasteiger charge is -2.20. The molecule has 6 nitrogen and oxygen atoms in total. The summed E-state index contributed by atoms with van der Waals surface area (Å²) in [5, 5.41) is 23.2. The van der Waals surface area contributed by atoms with Crippen molar-refractivity contribution in [2.75, 3.05) is 13.2 Å². The Morgan fingerprint density at radius 1 is 0.355 bits per heavy atom. The normalized spacial score (nSPS) is 12.6. The van der Waals surface area contributed by atoms with Crippen LogP contribution in [0.1, 0.15) is 386 Å². The fourth-order valence-electron chi connectivity index (χ4n) is 10.9. The van der Waals surface area contributed by atoms with Gasteiger partial charge in [-0.3, -0.25) is 9.59 Å². The molecule has 0 aliphatic rings. The van der Waals surface area contributed by atoms with Crippen LogP contribution in [0.4, 0.5) is 0 Å². The third-order valence-corrected chi connectivity index (χ3v) is 16.2. The molecule has 0 aromatic rings. The molecule has 0 bridgehead atoms. The van der Waals surface area contributed by atoms with Gasteiger partial charge in [0.05, 0.1) is 25.4 Å². The van der Waals surface area contributed by atoms with Gasteiger partial charge < -0.3 is 20.3 Å². The maximum atomic E-state index is 12.5. The number of allylic oxidation sites excluding steroid dienone is 3. The minimum atomic E-state index is -0.845. The van der Waals surface area contributed by atoms with E-state index in [2.05, 4.69) is 31.3 Å². The van der Waals surface area contributed by atoms with Gasteiger partial charge in [0.25, 0.3) is 0 Å². The SMILES string of the molecule is CCCCCCCC/C=C\CCCCCCCCCCCC(=O)OCCCCCCCCCCCCCCCCCCCCCCCCC(=O)NC(CO)C(O)/C=C/CCCCCCCCCCCCCCCCCC. The zero-order chi connectivity index (χ0) is 55.0.